The summed E-state index contributed by atoms with van der Waals surface area (Å²) in [6, 6.07) is 13.5. The summed E-state index contributed by atoms with van der Waals surface area (Å²) < 4.78 is 0. The van der Waals surface area contributed by atoms with Crippen molar-refractivity contribution in [3.8, 4) is 0 Å². The van der Waals surface area contributed by atoms with E-state index >= 15 is 0 Å². The number of nitrogens with zero attached hydrogens (tertiary/aromatic N) is 3. The Hall–Kier alpha value is -2.69. The van der Waals surface area contributed by atoms with E-state index in [4.69, 9.17) is 0 Å². The molecule has 1 saturated heterocycles. The summed E-state index contributed by atoms with van der Waals surface area (Å²) in [5.41, 5.74) is 2.40. The molecule has 0 unspecified atom stereocenters. The molecule has 5 nitrogen and oxygen atoms in total. The maximum absolute atomic E-state index is 12.8. The van der Waals surface area contributed by atoms with Gasteiger partial charge in [-0.25, -0.2) is 0 Å². The minimum absolute atomic E-state index is 0.0324. The van der Waals surface area contributed by atoms with Gasteiger partial charge in [-0.15, -0.1) is 0 Å². The molecule has 5 heteroatoms. The van der Waals surface area contributed by atoms with Crippen molar-refractivity contribution in [2.24, 2.45) is 0 Å². The molecule has 124 valence electrons. The molecule has 0 radical (unpaired) electrons. The molecular weight excluding hydrogens is 302 g/mol. The van der Waals surface area contributed by atoms with Crippen LogP contribution in [0.5, 0.6) is 0 Å². The highest BCUT2D eigenvalue weighted by Crippen LogP contribution is 2.26. The van der Waals surface area contributed by atoms with Crippen molar-refractivity contribution >= 4 is 11.8 Å². The van der Waals surface area contributed by atoms with E-state index in [1.807, 2.05) is 54.3 Å². The van der Waals surface area contributed by atoms with Crippen LogP contribution in [-0.2, 0) is 4.79 Å². The van der Waals surface area contributed by atoms with Crippen molar-refractivity contribution in [2.45, 2.75) is 19.9 Å². The van der Waals surface area contributed by atoms with Crippen LogP contribution in [0.25, 0.3) is 0 Å². The maximum atomic E-state index is 12.8. The molecule has 0 aliphatic carbocycles. The number of pyridine rings is 1. The quantitative estimate of drug-likeness (QED) is 0.853. The molecule has 2 heterocycles. The summed E-state index contributed by atoms with van der Waals surface area (Å²) in [6.07, 6.45) is 1.64. The summed E-state index contributed by atoms with van der Waals surface area (Å²) in [5, 5.41) is 0. The van der Waals surface area contributed by atoms with E-state index in [1.54, 1.807) is 18.0 Å². The zero-order valence-electron chi connectivity index (χ0n) is 14.0. The number of aromatic nitrogens is 1. The fourth-order valence-electron chi connectivity index (χ4n) is 3.16. The topological polar surface area (TPSA) is 53.5 Å². The highest BCUT2D eigenvalue weighted by atomic mass is 16.2. The summed E-state index contributed by atoms with van der Waals surface area (Å²) >= 11 is 0. The normalized spacial score (nSPS) is 17.7. The van der Waals surface area contributed by atoms with Gasteiger partial charge in [0.2, 0.25) is 5.91 Å². The molecule has 24 heavy (non-hydrogen) atoms. The second kappa shape index (κ2) is 6.83. The molecule has 2 aromatic rings. The van der Waals surface area contributed by atoms with Crippen LogP contribution in [0.2, 0.25) is 0 Å². The van der Waals surface area contributed by atoms with Crippen LogP contribution in [-0.4, -0.2) is 46.2 Å². The van der Waals surface area contributed by atoms with Crippen molar-refractivity contribution in [1.29, 1.82) is 0 Å². The van der Waals surface area contributed by atoms with Crippen LogP contribution < -0.4 is 0 Å². The summed E-state index contributed by atoms with van der Waals surface area (Å²) in [7, 11) is 0. The highest BCUT2D eigenvalue weighted by Gasteiger charge is 2.33. The molecule has 1 aliphatic heterocycles. The minimum atomic E-state index is -0.120. The van der Waals surface area contributed by atoms with Gasteiger partial charge in [0.1, 0.15) is 5.69 Å². The van der Waals surface area contributed by atoms with Crippen molar-refractivity contribution in [3.63, 3.8) is 0 Å². The number of amides is 2. The third-order valence-electron chi connectivity index (χ3n) is 4.47. The Morgan fingerprint density at radius 3 is 2.50 bits per heavy atom. The minimum Gasteiger partial charge on any atom is -0.333 e. The predicted molar refractivity (Wildman–Crippen MR) is 91.4 cm³/mol. The van der Waals surface area contributed by atoms with Crippen LogP contribution in [0.15, 0.2) is 48.7 Å². The molecule has 1 aromatic heterocycles. The van der Waals surface area contributed by atoms with Crippen molar-refractivity contribution in [2.75, 3.05) is 19.6 Å². The highest BCUT2D eigenvalue weighted by molar-refractivity contribution is 5.93. The smallest absolute Gasteiger partial charge is 0.272 e. The first-order valence-electron chi connectivity index (χ1n) is 8.11. The molecule has 2 amide bonds. The first-order valence-corrected chi connectivity index (χ1v) is 8.11. The fraction of sp³-hybridized carbons (Fsp3) is 0.316. The van der Waals surface area contributed by atoms with E-state index in [0.717, 1.165) is 11.1 Å². The lowest BCUT2D eigenvalue weighted by atomic mass is 10.0. The molecule has 1 fully saturated rings. The lowest BCUT2D eigenvalue weighted by Crippen LogP contribution is -2.52. The van der Waals surface area contributed by atoms with E-state index in [2.05, 4.69) is 4.98 Å². The van der Waals surface area contributed by atoms with Crippen molar-refractivity contribution in [3.05, 3.63) is 65.5 Å². The molecule has 3 rings (SSSR count). The first kappa shape index (κ1) is 16.2. The summed E-state index contributed by atoms with van der Waals surface area (Å²) in [5.74, 6) is -0.0396. The van der Waals surface area contributed by atoms with E-state index in [-0.39, 0.29) is 17.9 Å². The molecule has 0 spiro atoms. The number of rotatable bonds is 2. The molecular formula is C19H21N3O2. The van der Waals surface area contributed by atoms with Crippen molar-refractivity contribution < 1.29 is 9.59 Å². The van der Waals surface area contributed by atoms with E-state index in [0.29, 0.717) is 25.3 Å². The second-order valence-corrected chi connectivity index (χ2v) is 6.06. The Morgan fingerprint density at radius 2 is 1.83 bits per heavy atom. The van der Waals surface area contributed by atoms with Gasteiger partial charge in [0.05, 0.1) is 6.04 Å². The monoisotopic (exact) mass is 323 g/mol. The first-order chi connectivity index (χ1) is 11.6. The Balaban J connectivity index is 1.87. The number of hydrogen-bond donors (Lipinski definition) is 0. The van der Waals surface area contributed by atoms with E-state index in [1.165, 1.54) is 0 Å². The van der Waals surface area contributed by atoms with E-state index < -0.39 is 0 Å². The van der Waals surface area contributed by atoms with Gasteiger partial charge in [-0.3, -0.25) is 14.6 Å². The fourth-order valence-corrected chi connectivity index (χ4v) is 3.16. The Morgan fingerprint density at radius 1 is 1.08 bits per heavy atom. The van der Waals surface area contributed by atoms with Gasteiger partial charge in [-0.05, 0) is 24.1 Å². The van der Waals surface area contributed by atoms with Crippen LogP contribution in [0, 0.1) is 6.92 Å². The number of aryl methyl sites for hydroxylation is 1. The van der Waals surface area contributed by atoms with Gasteiger partial charge in [-0.1, -0.05) is 36.4 Å². The maximum Gasteiger partial charge on any atom is 0.272 e. The molecule has 0 saturated carbocycles. The molecule has 1 aromatic carbocycles. The average Bonchev–Trinajstić information content (AvgIpc) is 2.61. The van der Waals surface area contributed by atoms with Crippen LogP contribution in [0.3, 0.4) is 0 Å². The van der Waals surface area contributed by atoms with Crippen LogP contribution >= 0.6 is 0 Å². The second-order valence-electron chi connectivity index (χ2n) is 6.06. The van der Waals surface area contributed by atoms with Crippen molar-refractivity contribution in [1.82, 2.24) is 14.8 Å². The molecule has 0 bridgehead atoms. The van der Waals surface area contributed by atoms with Gasteiger partial charge in [-0.2, -0.15) is 0 Å². The van der Waals surface area contributed by atoms with Gasteiger partial charge in [0, 0.05) is 32.8 Å². The van der Waals surface area contributed by atoms with Gasteiger partial charge in [0.15, 0.2) is 0 Å². The Labute approximate surface area is 141 Å². The predicted octanol–water partition coefficient (Wildman–Crippen LogP) is 2.44. The number of carbonyl (C=O) groups is 2. The zero-order chi connectivity index (χ0) is 17.1. The summed E-state index contributed by atoms with van der Waals surface area (Å²) in [6.45, 7) is 5.01. The standard InChI is InChI=1S/C19H21N3O2/c1-14-7-6-10-20-18(14)19(24)21-11-12-22(15(2)23)17(13-21)16-8-4-3-5-9-16/h3-10,17H,11-13H2,1-2H3/t17-/m1/s1. The summed E-state index contributed by atoms with van der Waals surface area (Å²) in [4.78, 5) is 32.7. The molecule has 1 aliphatic rings. The lowest BCUT2D eigenvalue weighted by molar-refractivity contribution is -0.133. The van der Waals surface area contributed by atoms with Gasteiger partial charge in [0.25, 0.3) is 5.91 Å². The largest absolute Gasteiger partial charge is 0.333 e. The third kappa shape index (κ3) is 3.15. The average molecular weight is 323 g/mol. The van der Waals surface area contributed by atoms with Crippen LogP contribution in [0.1, 0.15) is 34.6 Å². The number of piperazine rings is 1. The van der Waals surface area contributed by atoms with Crippen LogP contribution in [0.4, 0.5) is 0 Å². The third-order valence-corrected chi connectivity index (χ3v) is 4.47. The number of hydrogen-bond acceptors (Lipinski definition) is 3. The van der Waals surface area contributed by atoms with Gasteiger partial charge < -0.3 is 9.80 Å². The number of carbonyl (C=O) groups excluding carboxylic acids is 2. The molecule has 1 atom stereocenters. The lowest BCUT2D eigenvalue weighted by Gasteiger charge is -2.41. The molecule has 0 N–H and O–H groups in total. The Bertz CT molecular complexity index is 745. The number of benzene rings is 1. The zero-order valence-corrected chi connectivity index (χ0v) is 14.0. The van der Waals surface area contributed by atoms with E-state index in [9.17, 15) is 9.59 Å². The SMILES string of the molecule is CC(=O)N1CCN(C(=O)c2ncccc2C)C[C@@H]1c1ccccc1. The Kier molecular flexibility index (Phi) is 4.60. The van der Waals surface area contributed by atoms with Gasteiger partial charge >= 0.3 is 0 Å².